The van der Waals surface area contributed by atoms with Gasteiger partial charge in [-0.2, -0.15) is 0 Å². The molecule has 1 spiro atoms. The van der Waals surface area contributed by atoms with Crippen LogP contribution in [0.4, 0.5) is 10.6 Å². The number of hydrogen-bond acceptors (Lipinski definition) is 6. The van der Waals surface area contributed by atoms with Crippen molar-refractivity contribution in [2.24, 2.45) is 5.92 Å². The van der Waals surface area contributed by atoms with Crippen molar-refractivity contribution in [2.45, 2.75) is 53.0 Å². The van der Waals surface area contributed by atoms with Crippen LogP contribution in [-0.2, 0) is 4.79 Å². The van der Waals surface area contributed by atoms with Gasteiger partial charge in [0.1, 0.15) is 17.2 Å². The molecule has 0 aliphatic carbocycles. The number of aliphatic hydroxyl groups is 1. The lowest BCUT2D eigenvalue weighted by atomic mass is 9.85. The fourth-order valence-corrected chi connectivity index (χ4v) is 4.33. The maximum absolute atomic E-state index is 13.2. The number of imide groups is 1. The number of aliphatic hydroxyl groups excluding tert-OH is 1. The second kappa shape index (κ2) is 7.66. The first kappa shape index (κ1) is 20.5. The van der Waals surface area contributed by atoms with E-state index in [4.69, 9.17) is 0 Å². The van der Waals surface area contributed by atoms with Crippen molar-refractivity contribution >= 4 is 17.8 Å². The van der Waals surface area contributed by atoms with Crippen LogP contribution in [0.2, 0.25) is 0 Å². The zero-order valence-corrected chi connectivity index (χ0v) is 17.5. The zero-order chi connectivity index (χ0) is 20.6. The highest BCUT2D eigenvalue weighted by molar-refractivity contribution is 6.07. The summed E-state index contributed by atoms with van der Waals surface area (Å²) in [5.41, 5.74) is 1.21. The lowest BCUT2D eigenvalue weighted by Gasteiger charge is -2.43. The van der Waals surface area contributed by atoms with E-state index < -0.39 is 5.54 Å². The largest absolute Gasteiger partial charge is 0.395 e. The molecule has 0 unspecified atom stereocenters. The summed E-state index contributed by atoms with van der Waals surface area (Å²) >= 11 is 0. The average molecular weight is 390 g/mol. The average Bonchev–Trinajstić information content (AvgIpc) is 2.82. The lowest BCUT2D eigenvalue weighted by molar-refractivity contribution is -0.134. The predicted molar refractivity (Wildman–Crippen MR) is 106 cm³/mol. The molecule has 28 heavy (non-hydrogen) atoms. The molecule has 2 saturated heterocycles. The van der Waals surface area contributed by atoms with Crippen LogP contribution >= 0.6 is 0 Å². The molecule has 1 aromatic rings. The summed E-state index contributed by atoms with van der Waals surface area (Å²) in [6.07, 6.45) is 1.13. The zero-order valence-electron chi connectivity index (χ0n) is 17.5. The number of rotatable bonds is 5. The number of aromatic nitrogens is 2. The summed E-state index contributed by atoms with van der Waals surface area (Å²) in [6, 6.07) is -0.272. The van der Waals surface area contributed by atoms with Gasteiger partial charge in [0.05, 0.1) is 13.2 Å². The number of β-amino-alcohol motifs (C(OH)–C–C–N with tert-alkyl or cyclic N) is 1. The number of urea groups is 1. The highest BCUT2D eigenvalue weighted by atomic mass is 16.3. The van der Waals surface area contributed by atoms with Gasteiger partial charge in [-0.1, -0.05) is 13.8 Å². The molecule has 0 atom stereocenters. The molecular formula is C20H31N5O3. The van der Waals surface area contributed by atoms with Crippen molar-refractivity contribution in [1.82, 2.24) is 19.8 Å². The fourth-order valence-electron chi connectivity index (χ4n) is 4.33. The van der Waals surface area contributed by atoms with E-state index in [1.54, 1.807) is 4.90 Å². The summed E-state index contributed by atoms with van der Waals surface area (Å²) in [7, 11) is 0. The molecule has 3 rings (SSSR count). The third-order valence-corrected chi connectivity index (χ3v) is 5.86. The molecule has 8 heteroatoms. The molecular weight excluding hydrogens is 358 g/mol. The number of amides is 3. The van der Waals surface area contributed by atoms with Gasteiger partial charge in [-0.15, -0.1) is 0 Å². The molecule has 0 bridgehead atoms. The van der Waals surface area contributed by atoms with Gasteiger partial charge in [0.15, 0.2) is 0 Å². The Hall–Kier alpha value is -2.22. The Kier molecular flexibility index (Phi) is 5.61. The summed E-state index contributed by atoms with van der Waals surface area (Å²) in [4.78, 5) is 40.3. The fraction of sp³-hybridized carbons (Fsp3) is 0.700. The minimum atomic E-state index is -0.807. The molecule has 0 aromatic carbocycles. The summed E-state index contributed by atoms with van der Waals surface area (Å²) < 4.78 is 0. The summed E-state index contributed by atoms with van der Waals surface area (Å²) in [5, 5.41) is 9.30. The van der Waals surface area contributed by atoms with Gasteiger partial charge in [0.25, 0.3) is 5.91 Å². The van der Waals surface area contributed by atoms with E-state index in [0.29, 0.717) is 32.5 Å². The Morgan fingerprint density at radius 2 is 1.75 bits per heavy atom. The van der Waals surface area contributed by atoms with Crippen molar-refractivity contribution in [1.29, 1.82) is 0 Å². The van der Waals surface area contributed by atoms with E-state index in [9.17, 15) is 14.7 Å². The Bertz CT molecular complexity index is 771. The first-order valence-corrected chi connectivity index (χ1v) is 10.0. The highest BCUT2D eigenvalue weighted by Gasteiger charge is 2.57. The first-order chi connectivity index (χ1) is 13.2. The maximum atomic E-state index is 13.2. The number of carbonyl (C=O) groups is 2. The maximum Gasteiger partial charge on any atom is 0.327 e. The molecule has 3 heterocycles. The van der Waals surface area contributed by atoms with E-state index in [2.05, 4.69) is 14.9 Å². The number of piperidine rings is 1. The van der Waals surface area contributed by atoms with Crippen molar-refractivity contribution in [3.8, 4) is 0 Å². The van der Waals surface area contributed by atoms with Crippen molar-refractivity contribution in [3.63, 3.8) is 0 Å². The Morgan fingerprint density at radius 1 is 1.11 bits per heavy atom. The van der Waals surface area contributed by atoms with Crippen LogP contribution in [0.15, 0.2) is 0 Å². The third kappa shape index (κ3) is 3.34. The van der Waals surface area contributed by atoms with E-state index >= 15 is 0 Å². The molecule has 0 radical (unpaired) electrons. The number of hydrogen-bond donors (Lipinski definition) is 1. The molecule has 154 valence electrons. The number of carbonyl (C=O) groups excluding carboxylic acids is 2. The minimum Gasteiger partial charge on any atom is -0.395 e. The van der Waals surface area contributed by atoms with Crippen LogP contribution in [0.3, 0.4) is 0 Å². The van der Waals surface area contributed by atoms with Gasteiger partial charge < -0.3 is 14.9 Å². The molecule has 1 aromatic heterocycles. The van der Waals surface area contributed by atoms with E-state index in [1.807, 2.05) is 34.6 Å². The molecule has 2 aliphatic heterocycles. The van der Waals surface area contributed by atoms with Gasteiger partial charge in [-0.25, -0.2) is 14.8 Å². The van der Waals surface area contributed by atoms with Crippen molar-refractivity contribution in [3.05, 3.63) is 17.1 Å². The standard InChI is InChI=1S/C20H31N5O3/c1-13(2)12-25-19(28)24(10-11-26)18(27)20(25)6-8-23(9-7-20)17-14(3)15(4)21-16(5)22-17/h13,26H,6-12H2,1-5H3. The van der Waals surface area contributed by atoms with Crippen LogP contribution in [0.1, 0.15) is 43.8 Å². The topological polar surface area (TPSA) is 89.9 Å². The molecule has 8 nitrogen and oxygen atoms in total. The molecule has 2 fully saturated rings. The van der Waals surface area contributed by atoms with Gasteiger partial charge in [-0.3, -0.25) is 9.69 Å². The van der Waals surface area contributed by atoms with Gasteiger partial charge in [0, 0.05) is 30.9 Å². The van der Waals surface area contributed by atoms with Crippen molar-refractivity contribution in [2.75, 3.05) is 37.7 Å². The normalized spacial score (nSPS) is 19.5. The van der Waals surface area contributed by atoms with Gasteiger partial charge >= 0.3 is 6.03 Å². The summed E-state index contributed by atoms with van der Waals surface area (Å²) in [6.45, 7) is 11.7. The van der Waals surface area contributed by atoms with E-state index in [0.717, 1.165) is 22.9 Å². The Morgan fingerprint density at radius 3 is 2.32 bits per heavy atom. The second-order valence-electron chi connectivity index (χ2n) is 8.29. The second-order valence-corrected chi connectivity index (χ2v) is 8.29. The monoisotopic (exact) mass is 389 g/mol. The van der Waals surface area contributed by atoms with Crippen molar-refractivity contribution < 1.29 is 14.7 Å². The quantitative estimate of drug-likeness (QED) is 0.770. The number of anilines is 1. The van der Waals surface area contributed by atoms with E-state index in [1.165, 1.54) is 4.90 Å². The molecule has 0 saturated carbocycles. The summed E-state index contributed by atoms with van der Waals surface area (Å²) in [5.74, 6) is 1.74. The third-order valence-electron chi connectivity index (χ3n) is 5.86. The van der Waals surface area contributed by atoms with Crippen LogP contribution in [0.25, 0.3) is 0 Å². The molecule has 3 amide bonds. The predicted octanol–water partition coefficient (Wildman–Crippen LogP) is 1.65. The van der Waals surface area contributed by atoms with Crippen LogP contribution in [0.5, 0.6) is 0 Å². The number of nitrogens with zero attached hydrogens (tertiary/aromatic N) is 5. The van der Waals surface area contributed by atoms with Crippen LogP contribution in [-0.4, -0.2) is 75.1 Å². The van der Waals surface area contributed by atoms with Crippen LogP contribution < -0.4 is 4.90 Å². The Labute approximate surface area is 166 Å². The molecule has 1 N–H and O–H groups in total. The SMILES string of the molecule is Cc1nc(C)c(C)c(N2CCC3(CC2)C(=O)N(CCO)C(=O)N3CC(C)C)n1. The Balaban J connectivity index is 1.87. The lowest BCUT2D eigenvalue weighted by Crippen LogP contribution is -2.57. The van der Waals surface area contributed by atoms with E-state index in [-0.39, 0.29) is 31.0 Å². The molecule has 2 aliphatic rings. The highest BCUT2D eigenvalue weighted by Crippen LogP contribution is 2.39. The first-order valence-electron chi connectivity index (χ1n) is 10.0. The van der Waals surface area contributed by atoms with Crippen LogP contribution in [0, 0.1) is 26.7 Å². The van der Waals surface area contributed by atoms with Gasteiger partial charge in [0.2, 0.25) is 0 Å². The number of aryl methyl sites for hydroxylation is 2. The smallest absolute Gasteiger partial charge is 0.327 e. The van der Waals surface area contributed by atoms with Gasteiger partial charge in [-0.05, 0) is 39.5 Å². The minimum absolute atomic E-state index is 0.0567.